The highest BCUT2D eigenvalue weighted by molar-refractivity contribution is 5.81. The Morgan fingerprint density at radius 2 is 1.94 bits per heavy atom. The van der Waals surface area contributed by atoms with Gasteiger partial charge in [-0.3, -0.25) is 9.59 Å². The average molecular weight is 235 g/mol. The Balaban J connectivity index is 5.26. The Labute approximate surface area is 100 Å². The molecule has 94 valence electrons. The molecule has 0 saturated carbocycles. The SMILES string of the molecule is [2H]C([2H])([C@]([2H])(O)CC(=O)O)[N+](C)(C)CC(=O)C(C)C. The second kappa shape index (κ2) is 5.96. The van der Waals surface area contributed by atoms with E-state index in [0.717, 1.165) is 0 Å². The van der Waals surface area contributed by atoms with Crippen LogP contribution in [0.5, 0.6) is 0 Å². The first kappa shape index (κ1) is 10.2. The van der Waals surface area contributed by atoms with Gasteiger partial charge in [-0.15, -0.1) is 0 Å². The summed E-state index contributed by atoms with van der Waals surface area (Å²) < 4.78 is 22.6. The van der Waals surface area contributed by atoms with E-state index in [1.54, 1.807) is 13.8 Å². The summed E-state index contributed by atoms with van der Waals surface area (Å²) in [6, 6.07) is 0. The molecule has 5 nitrogen and oxygen atoms in total. The predicted octanol–water partition coefficient (Wildman–Crippen LogP) is 0.124. The first-order chi connectivity index (χ1) is 8.24. The third-order valence-electron chi connectivity index (χ3n) is 1.95. The number of aliphatic carboxylic acids is 1. The van der Waals surface area contributed by atoms with E-state index in [-0.39, 0.29) is 18.2 Å². The number of likely N-dealkylation sites (N-methyl/N-ethyl adjacent to an activating group) is 1. The minimum atomic E-state index is -2.82. The fourth-order valence-electron chi connectivity index (χ4n) is 1.14. The van der Waals surface area contributed by atoms with Gasteiger partial charge in [0.15, 0.2) is 5.78 Å². The van der Waals surface area contributed by atoms with Crippen LogP contribution in [0.2, 0.25) is 0 Å². The molecule has 0 spiro atoms. The van der Waals surface area contributed by atoms with Crippen molar-refractivity contribution in [3.63, 3.8) is 0 Å². The maximum Gasteiger partial charge on any atom is 0.306 e. The van der Waals surface area contributed by atoms with Crippen molar-refractivity contribution in [1.82, 2.24) is 0 Å². The maximum atomic E-state index is 11.7. The first-order valence-corrected chi connectivity index (χ1v) is 5.04. The fourth-order valence-corrected chi connectivity index (χ4v) is 1.14. The van der Waals surface area contributed by atoms with Gasteiger partial charge < -0.3 is 14.7 Å². The molecule has 5 heteroatoms. The Bertz CT molecular complexity index is 367. The molecule has 2 N–H and O–H groups in total. The maximum absolute atomic E-state index is 11.7. The highest BCUT2D eigenvalue weighted by Gasteiger charge is 2.26. The Morgan fingerprint density at radius 3 is 2.31 bits per heavy atom. The van der Waals surface area contributed by atoms with Crippen molar-refractivity contribution in [2.45, 2.75) is 26.3 Å². The van der Waals surface area contributed by atoms with Crippen LogP contribution in [0.4, 0.5) is 0 Å². The second-order valence-corrected chi connectivity index (χ2v) is 4.59. The summed E-state index contributed by atoms with van der Waals surface area (Å²) in [7, 11) is 2.70. The molecule has 1 atom stereocenters. The standard InChI is InChI=1S/C11H21NO4/c1-8(2)10(14)7-12(3,4)6-9(13)5-11(15)16/h8-9,13H,5-7H2,1-4H3/p+1/t9-/m1/s1/i6D2,9D. The summed E-state index contributed by atoms with van der Waals surface area (Å²) in [5.41, 5.74) is 0. The number of carboxylic acids is 1. The van der Waals surface area contributed by atoms with E-state index >= 15 is 0 Å². The molecule has 16 heavy (non-hydrogen) atoms. The smallest absolute Gasteiger partial charge is 0.306 e. The number of hydrogen-bond donors (Lipinski definition) is 2. The molecular weight excluding hydrogens is 210 g/mol. The zero-order valence-corrected chi connectivity index (χ0v) is 10.1. The van der Waals surface area contributed by atoms with Crippen LogP contribution in [0, 0.1) is 5.92 Å². The first-order valence-electron chi connectivity index (χ1n) is 6.54. The van der Waals surface area contributed by atoms with E-state index in [1.807, 2.05) is 0 Å². The molecule has 0 rings (SSSR count). The van der Waals surface area contributed by atoms with Crippen molar-refractivity contribution < 1.29 is 28.4 Å². The molecule has 0 aromatic carbocycles. The number of nitrogens with zero attached hydrogens (tertiary/aromatic N) is 1. The van der Waals surface area contributed by atoms with Gasteiger partial charge in [0.05, 0.1) is 24.6 Å². The van der Waals surface area contributed by atoms with Crippen molar-refractivity contribution in [3.05, 3.63) is 0 Å². The van der Waals surface area contributed by atoms with Crippen LogP contribution >= 0.6 is 0 Å². The van der Waals surface area contributed by atoms with Gasteiger partial charge in [-0.05, 0) is 0 Å². The minimum absolute atomic E-state index is 0.222. The number of Topliss-reactive ketones (excluding diaryl/α,β-unsaturated/α-hetero) is 1. The van der Waals surface area contributed by atoms with Gasteiger partial charge in [-0.25, -0.2) is 0 Å². The summed E-state index contributed by atoms with van der Waals surface area (Å²) in [6.45, 7) is 0.505. The zero-order chi connectivity index (χ0) is 15.6. The van der Waals surface area contributed by atoms with E-state index in [2.05, 4.69) is 0 Å². The van der Waals surface area contributed by atoms with E-state index in [1.165, 1.54) is 14.1 Å². The zero-order valence-electron chi connectivity index (χ0n) is 13.1. The number of carbonyl (C=O) groups excluding carboxylic acids is 1. The number of aliphatic hydroxyl groups is 1. The summed E-state index contributed by atoms with van der Waals surface area (Å²) in [5.74, 6) is -2.00. The van der Waals surface area contributed by atoms with Gasteiger partial charge in [0.1, 0.15) is 19.1 Å². The van der Waals surface area contributed by atoms with Crippen LogP contribution in [0.25, 0.3) is 0 Å². The molecular formula is C11H22NO4+. The van der Waals surface area contributed by atoms with Crippen LogP contribution < -0.4 is 0 Å². The van der Waals surface area contributed by atoms with E-state index in [4.69, 9.17) is 9.22 Å². The van der Waals surface area contributed by atoms with Crippen molar-refractivity contribution in [1.29, 1.82) is 0 Å². The highest BCUT2D eigenvalue weighted by Crippen LogP contribution is 2.06. The second-order valence-electron chi connectivity index (χ2n) is 4.59. The van der Waals surface area contributed by atoms with Crippen molar-refractivity contribution in [2.24, 2.45) is 5.92 Å². The summed E-state index contributed by atoms with van der Waals surface area (Å²) in [4.78, 5) is 22.3. The number of quaternary nitrogens is 1. The Morgan fingerprint density at radius 1 is 1.44 bits per heavy atom. The lowest BCUT2D eigenvalue weighted by atomic mass is 10.1. The molecule has 0 bridgehead atoms. The highest BCUT2D eigenvalue weighted by atomic mass is 16.4. The van der Waals surface area contributed by atoms with E-state index in [0.29, 0.717) is 0 Å². The number of carbonyl (C=O) groups is 2. The Kier molecular flexibility index (Phi) is 3.81. The lowest BCUT2D eigenvalue weighted by Crippen LogP contribution is -2.49. The normalized spacial score (nSPS) is 19.5. The lowest BCUT2D eigenvalue weighted by molar-refractivity contribution is -0.885. The van der Waals surface area contributed by atoms with Crippen molar-refractivity contribution in [3.8, 4) is 0 Å². The van der Waals surface area contributed by atoms with Gasteiger partial charge in [0.2, 0.25) is 0 Å². The number of ketones is 1. The predicted molar refractivity (Wildman–Crippen MR) is 59.9 cm³/mol. The molecule has 0 aliphatic heterocycles. The van der Waals surface area contributed by atoms with Crippen LogP contribution in [0.1, 0.15) is 24.4 Å². The molecule has 0 heterocycles. The molecule has 0 amide bonds. The van der Waals surface area contributed by atoms with Gasteiger partial charge >= 0.3 is 5.97 Å². The summed E-state index contributed by atoms with van der Waals surface area (Å²) >= 11 is 0. The number of hydrogen-bond acceptors (Lipinski definition) is 3. The van der Waals surface area contributed by atoms with E-state index in [9.17, 15) is 14.7 Å². The Hall–Kier alpha value is -0.940. The molecule has 0 unspecified atom stereocenters. The van der Waals surface area contributed by atoms with Gasteiger partial charge in [-0.2, -0.15) is 0 Å². The molecule has 0 aliphatic carbocycles. The quantitative estimate of drug-likeness (QED) is 0.615. The molecule has 0 radical (unpaired) electrons. The molecule has 0 aliphatic rings. The van der Waals surface area contributed by atoms with Crippen molar-refractivity contribution >= 4 is 11.8 Å². The van der Waals surface area contributed by atoms with E-state index < -0.39 is 29.5 Å². The van der Waals surface area contributed by atoms with Crippen LogP contribution in [0.15, 0.2) is 0 Å². The summed E-state index contributed by atoms with van der Waals surface area (Å²) in [5, 5.41) is 18.4. The molecule has 0 aromatic rings. The topological polar surface area (TPSA) is 74.6 Å². The van der Waals surface area contributed by atoms with Crippen molar-refractivity contribution in [2.75, 3.05) is 27.1 Å². The van der Waals surface area contributed by atoms with Crippen LogP contribution in [-0.2, 0) is 9.59 Å². The summed E-state index contributed by atoms with van der Waals surface area (Å²) in [6.07, 6.45) is -3.88. The number of rotatable bonds is 7. The third kappa shape index (κ3) is 6.53. The molecule has 0 aromatic heterocycles. The lowest BCUT2D eigenvalue weighted by Gasteiger charge is -2.31. The van der Waals surface area contributed by atoms with Crippen LogP contribution in [0.3, 0.4) is 0 Å². The molecule has 0 saturated heterocycles. The van der Waals surface area contributed by atoms with Gasteiger partial charge in [-0.1, -0.05) is 13.8 Å². The van der Waals surface area contributed by atoms with Gasteiger partial charge in [0, 0.05) is 5.92 Å². The molecule has 0 fully saturated rings. The minimum Gasteiger partial charge on any atom is -0.481 e. The monoisotopic (exact) mass is 235 g/mol. The third-order valence-corrected chi connectivity index (χ3v) is 1.95. The largest absolute Gasteiger partial charge is 0.481 e. The average Bonchev–Trinajstić information content (AvgIpc) is 2.13. The fraction of sp³-hybridized carbons (Fsp3) is 0.818. The van der Waals surface area contributed by atoms with Crippen LogP contribution in [-0.4, -0.2) is 59.7 Å². The van der Waals surface area contributed by atoms with Gasteiger partial charge in [0.25, 0.3) is 0 Å². The number of carboxylic acid groups (broad SMARTS) is 1.